The molecule has 1 atom stereocenters. The van der Waals surface area contributed by atoms with Crippen LogP contribution in [0.4, 0.5) is 17.5 Å². The molecule has 0 spiro atoms. The third kappa shape index (κ3) is 4.98. The number of amides is 1. The Morgan fingerprint density at radius 3 is 2.70 bits per heavy atom. The number of aromatic nitrogens is 3. The van der Waals surface area contributed by atoms with Crippen molar-refractivity contribution in [2.75, 3.05) is 22.6 Å². The summed E-state index contributed by atoms with van der Waals surface area (Å²) < 4.78 is 6.12. The summed E-state index contributed by atoms with van der Waals surface area (Å²) in [5.74, 6) is 2.16. The van der Waals surface area contributed by atoms with Gasteiger partial charge in [-0.3, -0.25) is 9.78 Å². The number of ether oxygens (including phenoxy) is 1. The number of pyridine rings is 1. The van der Waals surface area contributed by atoms with E-state index in [0.29, 0.717) is 11.6 Å². The van der Waals surface area contributed by atoms with Crippen LogP contribution in [0.15, 0.2) is 36.5 Å². The van der Waals surface area contributed by atoms with Gasteiger partial charge in [0.15, 0.2) is 5.82 Å². The summed E-state index contributed by atoms with van der Waals surface area (Å²) in [6.07, 6.45) is 3.72. The third-order valence-corrected chi connectivity index (χ3v) is 5.92. The molecule has 3 aromatic rings. The molecule has 8 nitrogen and oxygen atoms in total. The molecule has 0 unspecified atom stereocenters. The lowest BCUT2D eigenvalue weighted by Gasteiger charge is -2.37. The molecule has 1 fully saturated rings. The standard InChI is InChI=1S/C22H24N6O2.2CH4.H2S/c1-12-19-20(28(3)13(2)21(29)26-19)27-22(24-12)25-15-10-17(11-15)30-16-6-7-18-14(9-16)5-4-8-23-18;;;/h4-9,13,15,17H,10-11H2,1-3H3,(H,26,29)(H,24,25,27);2*1H4;1H2/t13-,15?,17?;;;/m0.../s1. The number of nitrogens with zero attached hydrogens (tertiary/aromatic N) is 4. The van der Waals surface area contributed by atoms with E-state index in [1.54, 1.807) is 6.20 Å². The van der Waals surface area contributed by atoms with Crippen LogP contribution in [0.5, 0.6) is 5.75 Å². The molecule has 0 bridgehead atoms. The minimum atomic E-state index is -0.265. The first-order valence-corrected chi connectivity index (χ1v) is 10.2. The highest BCUT2D eigenvalue weighted by atomic mass is 32.1. The van der Waals surface area contributed by atoms with Crippen LogP contribution in [0.1, 0.15) is 40.3 Å². The smallest absolute Gasteiger partial charge is 0.246 e. The second-order valence-electron chi connectivity index (χ2n) is 8.02. The first-order chi connectivity index (χ1) is 14.5. The molecule has 2 aromatic heterocycles. The molecule has 9 heteroatoms. The normalized spacial score (nSPS) is 20.8. The Hall–Kier alpha value is -3.07. The summed E-state index contributed by atoms with van der Waals surface area (Å²) in [6.45, 7) is 3.75. The van der Waals surface area contributed by atoms with Gasteiger partial charge in [0.25, 0.3) is 0 Å². The van der Waals surface area contributed by atoms with Gasteiger partial charge < -0.3 is 20.3 Å². The van der Waals surface area contributed by atoms with Gasteiger partial charge in [0.1, 0.15) is 23.6 Å². The molecule has 0 radical (unpaired) electrons. The Morgan fingerprint density at radius 1 is 1.18 bits per heavy atom. The molecule has 2 aliphatic rings. The summed E-state index contributed by atoms with van der Waals surface area (Å²) in [6, 6.07) is 9.95. The maximum absolute atomic E-state index is 12.1. The molecular formula is C24H34N6O2S. The van der Waals surface area contributed by atoms with Crippen LogP contribution >= 0.6 is 13.5 Å². The molecule has 1 aromatic carbocycles. The van der Waals surface area contributed by atoms with Crippen molar-refractivity contribution in [1.29, 1.82) is 0 Å². The molecule has 0 saturated heterocycles. The molecule has 1 aliphatic heterocycles. The minimum Gasteiger partial charge on any atom is -0.490 e. The van der Waals surface area contributed by atoms with Crippen molar-refractivity contribution in [3.8, 4) is 5.75 Å². The Morgan fingerprint density at radius 2 is 1.94 bits per heavy atom. The number of carbonyl (C=O) groups is 1. The van der Waals surface area contributed by atoms with Crippen molar-refractivity contribution in [3.05, 3.63) is 42.2 Å². The highest BCUT2D eigenvalue weighted by Gasteiger charge is 2.33. The van der Waals surface area contributed by atoms with Gasteiger partial charge in [-0.2, -0.15) is 18.5 Å². The molecule has 1 aliphatic carbocycles. The largest absolute Gasteiger partial charge is 0.490 e. The Kier molecular flexibility index (Phi) is 8.13. The van der Waals surface area contributed by atoms with Crippen LogP contribution in [0.2, 0.25) is 0 Å². The highest BCUT2D eigenvalue weighted by Crippen LogP contribution is 2.34. The molecule has 33 heavy (non-hydrogen) atoms. The van der Waals surface area contributed by atoms with Gasteiger partial charge in [-0.25, -0.2) is 4.98 Å². The van der Waals surface area contributed by atoms with Crippen molar-refractivity contribution < 1.29 is 9.53 Å². The summed E-state index contributed by atoms with van der Waals surface area (Å²) in [5.41, 5.74) is 2.41. The van der Waals surface area contributed by atoms with E-state index in [-0.39, 0.29) is 52.4 Å². The van der Waals surface area contributed by atoms with Gasteiger partial charge in [0.05, 0.1) is 11.2 Å². The van der Waals surface area contributed by atoms with E-state index in [2.05, 4.69) is 25.6 Å². The molecule has 1 saturated carbocycles. The predicted molar refractivity (Wildman–Crippen MR) is 140 cm³/mol. The Bertz CT molecular complexity index is 1140. The number of likely N-dealkylation sites (N-methyl/N-ethyl adjacent to an activating group) is 1. The van der Waals surface area contributed by atoms with Crippen molar-refractivity contribution in [3.63, 3.8) is 0 Å². The number of nitrogens with one attached hydrogen (secondary N) is 2. The maximum Gasteiger partial charge on any atom is 0.246 e. The van der Waals surface area contributed by atoms with Crippen molar-refractivity contribution in [1.82, 2.24) is 15.0 Å². The fraction of sp³-hybridized carbons (Fsp3) is 0.417. The number of fused-ring (bicyclic) bond motifs is 2. The van der Waals surface area contributed by atoms with Crippen LogP contribution in [0.25, 0.3) is 10.9 Å². The van der Waals surface area contributed by atoms with E-state index in [9.17, 15) is 4.79 Å². The summed E-state index contributed by atoms with van der Waals surface area (Å²) in [5, 5.41) is 7.39. The quantitative estimate of drug-likeness (QED) is 0.579. The Balaban J connectivity index is 0.00000128. The summed E-state index contributed by atoms with van der Waals surface area (Å²) >= 11 is 0. The number of hydrogen-bond donors (Lipinski definition) is 2. The number of anilines is 3. The van der Waals surface area contributed by atoms with E-state index in [4.69, 9.17) is 4.74 Å². The second-order valence-corrected chi connectivity index (χ2v) is 8.02. The van der Waals surface area contributed by atoms with Crippen LogP contribution in [-0.2, 0) is 4.79 Å². The monoisotopic (exact) mass is 470 g/mol. The van der Waals surface area contributed by atoms with Gasteiger partial charge in [0.2, 0.25) is 11.9 Å². The van der Waals surface area contributed by atoms with E-state index < -0.39 is 0 Å². The lowest BCUT2D eigenvalue weighted by molar-refractivity contribution is -0.117. The minimum absolute atomic E-state index is 0. The molecule has 3 heterocycles. The van der Waals surface area contributed by atoms with Crippen LogP contribution in [-0.4, -0.2) is 46.1 Å². The first kappa shape index (κ1) is 26.2. The highest BCUT2D eigenvalue weighted by molar-refractivity contribution is 7.59. The zero-order valence-electron chi connectivity index (χ0n) is 17.7. The van der Waals surface area contributed by atoms with Crippen molar-refractivity contribution in [2.45, 2.75) is 59.7 Å². The number of hydrogen-bond acceptors (Lipinski definition) is 7. The van der Waals surface area contributed by atoms with Gasteiger partial charge in [0, 0.05) is 37.5 Å². The van der Waals surface area contributed by atoms with E-state index in [1.165, 1.54) is 0 Å². The van der Waals surface area contributed by atoms with Gasteiger partial charge >= 0.3 is 0 Å². The lowest BCUT2D eigenvalue weighted by Crippen LogP contribution is -2.45. The van der Waals surface area contributed by atoms with Crippen molar-refractivity contribution >= 4 is 47.8 Å². The second kappa shape index (κ2) is 10.2. The van der Waals surface area contributed by atoms with Crippen LogP contribution < -0.4 is 20.3 Å². The molecule has 1 amide bonds. The lowest BCUT2D eigenvalue weighted by atomic mass is 9.89. The van der Waals surface area contributed by atoms with Crippen LogP contribution in [0, 0.1) is 6.92 Å². The van der Waals surface area contributed by atoms with Crippen molar-refractivity contribution in [2.24, 2.45) is 0 Å². The number of rotatable bonds is 4. The molecule has 2 N–H and O–H groups in total. The zero-order valence-corrected chi connectivity index (χ0v) is 18.7. The molecular weight excluding hydrogens is 436 g/mol. The number of benzene rings is 1. The average molecular weight is 471 g/mol. The van der Waals surface area contributed by atoms with Gasteiger partial charge in [-0.1, -0.05) is 20.9 Å². The fourth-order valence-corrected chi connectivity index (χ4v) is 3.89. The molecule has 178 valence electrons. The zero-order chi connectivity index (χ0) is 20.8. The number of aryl methyl sites for hydroxylation is 1. The van der Waals surface area contributed by atoms with Crippen LogP contribution in [0.3, 0.4) is 0 Å². The summed E-state index contributed by atoms with van der Waals surface area (Å²) in [4.78, 5) is 27.5. The first-order valence-electron chi connectivity index (χ1n) is 10.2. The Labute approximate surface area is 202 Å². The third-order valence-electron chi connectivity index (χ3n) is 5.92. The molecule has 5 rings (SSSR count). The summed E-state index contributed by atoms with van der Waals surface area (Å²) in [7, 11) is 1.88. The van der Waals surface area contributed by atoms with Gasteiger partial charge in [-0.15, -0.1) is 0 Å². The maximum atomic E-state index is 12.1. The SMILES string of the molecule is C.C.Cc1nc(NC2CC(Oc3ccc4ncccc4c3)C2)nc2c1NC(=O)[C@H](C)N2C.S. The average Bonchev–Trinajstić information content (AvgIpc) is 2.71. The fourth-order valence-electron chi connectivity index (χ4n) is 3.89. The van der Waals surface area contributed by atoms with E-state index in [1.807, 2.05) is 56.1 Å². The topological polar surface area (TPSA) is 92.3 Å². The van der Waals surface area contributed by atoms with Gasteiger partial charge in [-0.05, 0) is 38.1 Å². The van der Waals surface area contributed by atoms with E-state index >= 15 is 0 Å². The predicted octanol–water partition coefficient (Wildman–Crippen LogP) is 4.52. The number of carbonyl (C=O) groups excluding carboxylic acids is 1. The van der Waals surface area contributed by atoms with E-state index in [0.717, 1.165) is 41.0 Å².